The molecule has 26 heavy (non-hydrogen) atoms. The molecule has 0 fully saturated rings. The zero-order valence-corrected chi connectivity index (χ0v) is 15.5. The van der Waals surface area contributed by atoms with Crippen LogP contribution in [0.1, 0.15) is 12.0 Å². The fourth-order valence-corrected chi connectivity index (χ4v) is 3.21. The molecular weight excluding hydrogens is 403 g/mol. The first-order chi connectivity index (χ1) is 12.3. The summed E-state index contributed by atoms with van der Waals surface area (Å²) in [6.07, 6.45) is 0.0715. The van der Waals surface area contributed by atoms with Gasteiger partial charge in [-0.1, -0.05) is 6.07 Å². The number of nitrogens with zero attached hydrogens (tertiary/aromatic N) is 2. The summed E-state index contributed by atoms with van der Waals surface area (Å²) in [5.41, 5.74) is 7.74. The molecular formula is C18H16BrFN4O2. The van der Waals surface area contributed by atoms with Crippen LogP contribution < -0.4 is 16.1 Å². The molecule has 1 atom stereocenters. The lowest BCUT2D eigenvalue weighted by molar-refractivity contribution is -0.119. The van der Waals surface area contributed by atoms with Gasteiger partial charge in [-0.15, -0.1) is 0 Å². The largest absolute Gasteiger partial charge is 0.368 e. The van der Waals surface area contributed by atoms with Crippen LogP contribution in [0.2, 0.25) is 0 Å². The van der Waals surface area contributed by atoms with Gasteiger partial charge in [-0.3, -0.25) is 14.6 Å². The third-order valence-corrected chi connectivity index (χ3v) is 4.62. The number of benzene rings is 2. The highest BCUT2D eigenvalue weighted by Gasteiger charge is 2.35. The normalized spacial score (nSPS) is 16.3. The van der Waals surface area contributed by atoms with Gasteiger partial charge in [0.15, 0.2) is 0 Å². The van der Waals surface area contributed by atoms with Crippen LogP contribution >= 0.6 is 15.9 Å². The van der Waals surface area contributed by atoms with Gasteiger partial charge < -0.3 is 11.1 Å². The van der Waals surface area contributed by atoms with E-state index in [0.29, 0.717) is 11.4 Å². The second-order valence-electron chi connectivity index (χ2n) is 5.93. The topological polar surface area (TPSA) is 87.8 Å². The van der Waals surface area contributed by atoms with E-state index >= 15 is 0 Å². The number of hydrazone groups is 1. The summed E-state index contributed by atoms with van der Waals surface area (Å²) in [7, 11) is 0. The van der Waals surface area contributed by atoms with Crippen LogP contribution in [-0.2, 0) is 9.59 Å². The number of aryl methyl sites for hydroxylation is 1. The minimum Gasteiger partial charge on any atom is -0.368 e. The van der Waals surface area contributed by atoms with Gasteiger partial charge >= 0.3 is 0 Å². The van der Waals surface area contributed by atoms with Crippen LogP contribution in [0, 0.1) is 12.7 Å². The fourth-order valence-electron chi connectivity index (χ4n) is 2.62. The molecule has 8 heteroatoms. The number of hydrogen-bond acceptors (Lipinski definition) is 4. The Hall–Kier alpha value is -2.74. The molecule has 1 aliphatic heterocycles. The van der Waals surface area contributed by atoms with Crippen molar-refractivity contribution >= 4 is 44.8 Å². The Balaban J connectivity index is 1.84. The molecule has 1 heterocycles. The van der Waals surface area contributed by atoms with Crippen molar-refractivity contribution in [2.45, 2.75) is 19.4 Å². The molecule has 0 saturated heterocycles. The van der Waals surface area contributed by atoms with E-state index in [1.807, 2.05) is 19.1 Å². The van der Waals surface area contributed by atoms with Crippen LogP contribution in [-0.4, -0.2) is 23.6 Å². The molecule has 0 aromatic heterocycles. The molecule has 1 aliphatic rings. The second kappa shape index (κ2) is 7.25. The molecule has 6 nitrogen and oxygen atoms in total. The van der Waals surface area contributed by atoms with Crippen molar-refractivity contribution in [3.63, 3.8) is 0 Å². The molecule has 2 amide bonds. The van der Waals surface area contributed by atoms with Gasteiger partial charge in [-0.05, 0) is 64.8 Å². The SMILES string of the molecule is Cc1ccc(NC(=O)C2=NN(c3ccc(F)cc3)C(C(N)=O)C2)c(Br)c1. The summed E-state index contributed by atoms with van der Waals surface area (Å²) in [5, 5.41) is 8.35. The van der Waals surface area contributed by atoms with Crippen LogP contribution in [0.4, 0.5) is 15.8 Å². The maximum atomic E-state index is 13.1. The van der Waals surface area contributed by atoms with Crippen molar-refractivity contribution in [2.75, 3.05) is 10.3 Å². The number of carbonyl (C=O) groups excluding carboxylic acids is 2. The molecule has 2 aromatic rings. The van der Waals surface area contributed by atoms with Gasteiger partial charge in [0.2, 0.25) is 5.91 Å². The lowest BCUT2D eigenvalue weighted by Gasteiger charge is -2.20. The number of halogens is 2. The zero-order chi connectivity index (χ0) is 18.8. The third-order valence-electron chi connectivity index (χ3n) is 3.96. The lowest BCUT2D eigenvalue weighted by Crippen LogP contribution is -2.39. The second-order valence-corrected chi connectivity index (χ2v) is 6.78. The van der Waals surface area contributed by atoms with E-state index in [2.05, 4.69) is 26.3 Å². The number of amides is 2. The molecule has 3 N–H and O–H groups in total. The summed E-state index contributed by atoms with van der Waals surface area (Å²) < 4.78 is 13.9. The molecule has 0 spiro atoms. The molecule has 134 valence electrons. The highest BCUT2D eigenvalue weighted by molar-refractivity contribution is 9.10. The number of nitrogens with one attached hydrogen (secondary N) is 1. The first kappa shape index (κ1) is 18.1. The van der Waals surface area contributed by atoms with Gasteiger partial charge in [0.1, 0.15) is 17.6 Å². The van der Waals surface area contributed by atoms with Crippen LogP contribution in [0.25, 0.3) is 0 Å². The maximum absolute atomic E-state index is 13.1. The molecule has 1 unspecified atom stereocenters. The van der Waals surface area contributed by atoms with E-state index in [-0.39, 0.29) is 12.1 Å². The predicted octanol–water partition coefficient (Wildman–Crippen LogP) is 2.96. The first-order valence-electron chi connectivity index (χ1n) is 7.84. The Kier molecular flexibility index (Phi) is 5.03. The van der Waals surface area contributed by atoms with Crippen molar-refractivity contribution in [1.82, 2.24) is 0 Å². The van der Waals surface area contributed by atoms with E-state index in [1.165, 1.54) is 29.3 Å². The van der Waals surface area contributed by atoms with E-state index in [9.17, 15) is 14.0 Å². The van der Waals surface area contributed by atoms with E-state index in [1.54, 1.807) is 6.07 Å². The Morgan fingerprint density at radius 3 is 2.58 bits per heavy atom. The summed E-state index contributed by atoms with van der Waals surface area (Å²) in [6.45, 7) is 1.94. The smallest absolute Gasteiger partial charge is 0.271 e. The van der Waals surface area contributed by atoms with Gasteiger partial charge in [-0.2, -0.15) is 5.10 Å². The number of hydrogen-bond donors (Lipinski definition) is 2. The van der Waals surface area contributed by atoms with E-state index < -0.39 is 23.7 Å². The number of nitrogens with two attached hydrogens (primary N) is 1. The van der Waals surface area contributed by atoms with E-state index in [0.717, 1.165) is 10.0 Å². The average molecular weight is 419 g/mol. The summed E-state index contributed by atoms with van der Waals surface area (Å²) in [4.78, 5) is 24.3. The highest BCUT2D eigenvalue weighted by atomic mass is 79.9. The number of rotatable bonds is 4. The Morgan fingerprint density at radius 2 is 1.96 bits per heavy atom. The molecule has 2 aromatic carbocycles. The minimum atomic E-state index is -0.803. The summed E-state index contributed by atoms with van der Waals surface area (Å²) in [5.74, 6) is -1.45. The Morgan fingerprint density at radius 1 is 1.27 bits per heavy atom. The van der Waals surface area contributed by atoms with Crippen LogP contribution in [0.3, 0.4) is 0 Å². The van der Waals surface area contributed by atoms with Crippen LogP contribution in [0.5, 0.6) is 0 Å². The average Bonchev–Trinajstić information content (AvgIpc) is 3.04. The van der Waals surface area contributed by atoms with Crippen molar-refractivity contribution in [3.05, 3.63) is 58.3 Å². The predicted molar refractivity (Wildman–Crippen MR) is 101 cm³/mol. The fraction of sp³-hybridized carbons (Fsp3) is 0.167. The lowest BCUT2D eigenvalue weighted by atomic mass is 10.1. The first-order valence-corrected chi connectivity index (χ1v) is 8.63. The van der Waals surface area contributed by atoms with Crippen molar-refractivity contribution < 1.29 is 14.0 Å². The monoisotopic (exact) mass is 418 g/mol. The summed E-state index contributed by atoms with van der Waals surface area (Å²) >= 11 is 3.40. The molecule has 3 rings (SSSR count). The summed E-state index contributed by atoms with van der Waals surface area (Å²) in [6, 6.07) is 10.2. The zero-order valence-electron chi connectivity index (χ0n) is 13.9. The quantitative estimate of drug-likeness (QED) is 0.799. The number of carbonyl (C=O) groups is 2. The van der Waals surface area contributed by atoms with Crippen molar-refractivity contribution in [3.8, 4) is 0 Å². The molecule has 0 aliphatic carbocycles. The number of anilines is 2. The minimum absolute atomic E-state index is 0.0715. The Labute approximate surface area is 158 Å². The van der Waals surface area contributed by atoms with Crippen LogP contribution in [0.15, 0.2) is 52.0 Å². The van der Waals surface area contributed by atoms with E-state index in [4.69, 9.17) is 5.73 Å². The van der Waals surface area contributed by atoms with Gasteiger partial charge in [-0.25, -0.2) is 4.39 Å². The molecule has 0 radical (unpaired) electrons. The number of primary amides is 1. The maximum Gasteiger partial charge on any atom is 0.271 e. The molecule has 0 bridgehead atoms. The highest BCUT2D eigenvalue weighted by Crippen LogP contribution is 2.27. The Bertz CT molecular complexity index is 899. The van der Waals surface area contributed by atoms with Gasteiger partial charge in [0.25, 0.3) is 5.91 Å². The third kappa shape index (κ3) is 3.75. The molecule has 0 saturated carbocycles. The van der Waals surface area contributed by atoms with Crippen molar-refractivity contribution in [1.29, 1.82) is 0 Å². The van der Waals surface area contributed by atoms with Gasteiger partial charge in [0, 0.05) is 10.9 Å². The van der Waals surface area contributed by atoms with Gasteiger partial charge in [0.05, 0.1) is 11.4 Å². The van der Waals surface area contributed by atoms with Crippen molar-refractivity contribution in [2.24, 2.45) is 10.8 Å². The standard InChI is InChI=1S/C18H16BrFN4O2/c1-10-2-7-14(13(19)8-10)22-18(26)15-9-16(17(21)25)24(23-15)12-5-3-11(20)4-6-12/h2-8,16H,9H2,1H3,(H2,21,25)(H,22,26).